The Kier molecular flexibility index (Phi) is 5.87. The molecule has 7 heteroatoms. The Bertz CT molecular complexity index is 269. The smallest absolute Gasteiger partial charge is 0.346 e. The topological polar surface area (TPSA) is 58.4 Å². The number of piperidine rings is 1. The fourth-order valence-electron chi connectivity index (χ4n) is 2.22. The summed E-state index contributed by atoms with van der Waals surface area (Å²) in [6, 6.07) is 0. The summed E-state index contributed by atoms with van der Waals surface area (Å²) < 4.78 is 35.7. The fourth-order valence-corrected chi connectivity index (χ4v) is 2.22. The van der Waals surface area contributed by atoms with Gasteiger partial charge in [-0.3, -0.25) is 9.69 Å². The van der Waals surface area contributed by atoms with Crippen molar-refractivity contribution in [2.45, 2.75) is 25.4 Å². The molecule has 0 aliphatic carbocycles. The van der Waals surface area contributed by atoms with E-state index in [0.717, 1.165) is 32.4 Å². The number of nitrogens with two attached hydrogens (primary N) is 1. The molecule has 1 heterocycles. The summed E-state index contributed by atoms with van der Waals surface area (Å²) in [7, 11) is 0. The summed E-state index contributed by atoms with van der Waals surface area (Å²) in [5.74, 6) is -0.111. The maximum atomic E-state index is 11.9. The van der Waals surface area contributed by atoms with E-state index >= 15 is 0 Å². The monoisotopic (exact) mass is 267 g/mol. The molecule has 1 unspecified atom stereocenters. The van der Waals surface area contributed by atoms with Gasteiger partial charge in [-0.15, -0.1) is 0 Å². The first-order valence-corrected chi connectivity index (χ1v) is 6.16. The molecular weight excluding hydrogens is 247 g/mol. The van der Waals surface area contributed by atoms with E-state index in [1.54, 1.807) is 0 Å². The number of alkyl halides is 3. The van der Waals surface area contributed by atoms with Gasteiger partial charge in [-0.05, 0) is 38.3 Å². The van der Waals surface area contributed by atoms with Crippen LogP contribution in [0, 0.1) is 5.92 Å². The van der Waals surface area contributed by atoms with Crippen LogP contribution in [-0.2, 0) is 4.79 Å². The van der Waals surface area contributed by atoms with Gasteiger partial charge in [-0.1, -0.05) is 0 Å². The zero-order valence-electron chi connectivity index (χ0n) is 10.3. The molecular formula is C11H20F3N3O. The summed E-state index contributed by atoms with van der Waals surface area (Å²) in [5.41, 5.74) is 5.48. The highest BCUT2D eigenvalue weighted by Crippen LogP contribution is 2.18. The van der Waals surface area contributed by atoms with E-state index in [2.05, 4.69) is 0 Å². The minimum absolute atomic E-state index is 0.0388. The molecule has 1 saturated heterocycles. The van der Waals surface area contributed by atoms with E-state index in [1.165, 1.54) is 0 Å². The summed E-state index contributed by atoms with van der Waals surface area (Å²) in [5, 5.41) is 1.89. The predicted octanol–water partition coefficient (Wildman–Crippen LogP) is 0.726. The molecule has 0 aromatic heterocycles. The van der Waals surface area contributed by atoms with E-state index in [1.807, 2.05) is 10.2 Å². The van der Waals surface area contributed by atoms with Gasteiger partial charge in [0.15, 0.2) is 0 Å². The van der Waals surface area contributed by atoms with Gasteiger partial charge in [0.05, 0.1) is 6.54 Å². The van der Waals surface area contributed by atoms with Crippen LogP contribution < -0.4 is 11.1 Å². The lowest BCUT2D eigenvalue weighted by atomic mass is 9.95. The molecule has 1 aliphatic rings. The number of nitrogens with one attached hydrogen (secondary N) is 1. The number of likely N-dealkylation sites (tertiary alicyclic amines) is 1. The molecule has 0 aromatic rings. The molecule has 1 amide bonds. The SMILES string of the molecule is NCCC1CCCN(CC(=O)NCC(F)(F)F)C1. The molecule has 1 aliphatic heterocycles. The lowest BCUT2D eigenvalue weighted by Crippen LogP contribution is -2.44. The predicted molar refractivity (Wildman–Crippen MR) is 61.9 cm³/mol. The number of hydrogen-bond donors (Lipinski definition) is 2. The molecule has 1 rings (SSSR count). The lowest BCUT2D eigenvalue weighted by molar-refractivity contribution is -0.139. The van der Waals surface area contributed by atoms with Gasteiger partial charge in [0, 0.05) is 6.54 Å². The summed E-state index contributed by atoms with van der Waals surface area (Å²) >= 11 is 0. The number of nitrogens with zero attached hydrogens (tertiary/aromatic N) is 1. The molecule has 18 heavy (non-hydrogen) atoms. The van der Waals surface area contributed by atoms with Gasteiger partial charge in [0.1, 0.15) is 6.54 Å². The third-order valence-electron chi connectivity index (χ3n) is 3.03. The van der Waals surface area contributed by atoms with E-state index in [-0.39, 0.29) is 6.54 Å². The minimum atomic E-state index is -4.35. The van der Waals surface area contributed by atoms with Crippen molar-refractivity contribution in [1.82, 2.24) is 10.2 Å². The zero-order chi connectivity index (χ0) is 13.6. The Morgan fingerprint density at radius 2 is 2.17 bits per heavy atom. The zero-order valence-corrected chi connectivity index (χ0v) is 10.3. The van der Waals surface area contributed by atoms with Crippen LogP contribution in [-0.4, -0.2) is 49.7 Å². The average molecular weight is 267 g/mol. The largest absolute Gasteiger partial charge is 0.405 e. The molecule has 106 valence electrons. The van der Waals surface area contributed by atoms with E-state index in [0.29, 0.717) is 12.5 Å². The third-order valence-corrected chi connectivity index (χ3v) is 3.03. The normalized spacial score (nSPS) is 21.9. The van der Waals surface area contributed by atoms with Crippen molar-refractivity contribution < 1.29 is 18.0 Å². The number of carbonyl (C=O) groups is 1. The average Bonchev–Trinajstić information content (AvgIpc) is 2.26. The highest BCUT2D eigenvalue weighted by molar-refractivity contribution is 5.78. The fraction of sp³-hybridized carbons (Fsp3) is 0.909. The molecule has 4 nitrogen and oxygen atoms in total. The second-order valence-electron chi connectivity index (χ2n) is 4.71. The molecule has 0 radical (unpaired) electrons. The maximum Gasteiger partial charge on any atom is 0.405 e. The van der Waals surface area contributed by atoms with Crippen LogP contribution in [0.1, 0.15) is 19.3 Å². The van der Waals surface area contributed by atoms with Crippen LogP contribution in [0.4, 0.5) is 13.2 Å². The summed E-state index contributed by atoms with van der Waals surface area (Å²) in [6.45, 7) is 0.902. The van der Waals surface area contributed by atoms with Crippen molar-refractivity contribution in [2.24, 2.45) is 11.7 Å². The molecule has 1 atom stereocenters. The Labute approximate surface area is 105 Å². The van der Waals surface area contributed by atoms with Gasteiger partial charge in [0.2, 0.25) is 5.91 Å². The third kappa shape index (κ3) is 6.20. The van der Waals surface area contributed by atoms with Gasteiger partial charge in [0.25, 0.3) is 0 Å². The van der Waals surface area contributed by atoms with Crippen molar-refractivity contribution in [3.63, 3.8) is 0 Å². The van der Waals surface area contributed by atoms with E-state index < -0.39 is 18.6 Å². The minimum Gasteiger partial charge on any atom is -0.346 e. The van der Waals surface area contributed by atoms with Crippen molar-refractivity contribution in [3.05, 3.63) is 0 Å². The highest BCUT2D eigenvalue weighted by atomic mass is 19.4. The summed E-state index contributed by atoms with van der Waals surface area (Å²) in [4.78, 5) is 13.2. The Hall–Kier alpha value is -0.820. The number of halogens is 3. The number of carbonyl (C=O) groups excluding carboxylic acids is 1. The highest BCUT2D eigenvalue weighted by Gasteiger charge is 2.28. The van der Waals surface area contributed by atoms with Crippen LogP contribution in [0.25, 0.3) is 0 Å². The lowest BCUT2D eigenvalue weighted by Gasteiger charge is -2.32. The molecule has 3 N–H and O–H groups in total. The number of amides is 1. The molecule has 0 bridgehead atoms. The maximum absolute atomic E-state index is 11.9. The van der Waals surface area contributed by atoms with Gasteiger partial charge in [-0.25, -0.2) is 0 Å². The van der Waals surface area contributed by atoms with Crippen molar-refractivity contribution >= 4 is 5.91 Å². The molecule has 1 fully saturated rings. The Balaban J connectivity index is 2.26. The van der Waals surface area contributed by atoms with Crippen LogP contribution >= 0.6 is 0 Å². The molecule has 0 saturated carbocycles. The first kappa shape index (κ1) is 15.2. The summed E-state index contributed by atoms with van der Waals surface area (Å²) in [6.07, 6.45) is -1.39. The number of hydrogen-bond acceptors (Lipinski definition) is 3. The van der Waals surface area contributed by atoms with E-state index in [4.69, 9.17) is 5.73 Å². The first-order valence-electron chi connectivity index (χ1n) is 6.16. The Morgan fingerprint density at radius 3 is 2.78 bits per heavy atom. The number of rotatable bonds is 5. The van der Waals surface area contributed by atoms with Crippen LogP contribution in [0.2, 0.25) is 0 Å². The van der Waals surface area contributed by atoms with Crippen molar-refractivity contribution in [2.75, 3.05) is 32.7 Å². The van der Waals surface area contributed by atoms with Crippen molar-refractivity contribution in [1.29, 1.82) is 0 Å². The standard InChI is InChI=1S/C11H20F3N3O/c12-11(13,14)8-16-10(18)7-17-5-1-2-9(6-17)3-4-15/h9H,1-8,15H2,(H,16,18). The first-order chi connectivity index (χ1) is 8.40. The van der Waals surface area contributed by atoms with Crippen molar-refractivity contribution in [3.8, 4) is 0 Å². The molecule has 0 spiro atoms. The second kappa shape index (κ2) is 6.94. The van der Waals surface area contributed by atoms with Crippen LogP contribution in [0.3, 0.4) is 0 Å². The van der Waals surface area contributed by atoms with Gasteiger partial charge in [-0.2, -0.15) is 13.2 Å². The van der Waals surface area contributed by atoms with Crippen LogP contribution in [0.15, 0.2) is 0 Å². The van der Waals surface area contributed by atoms with Gasteiger partial charge >= 0.3 is 6.18 Å². The Morgan fingerprint density at radius 1 is 1.44 bits per heavy atom. The quantitative estimate of drug-likeness (QED) is 0.772. The molecule has 0 aromatic carbocycles. The van der Waals surface area contributed by atoms with E-state index in [9.17, 15) is 18.0 Å². The second-order valence-corrected chi connectivity index (χ2v) is 4.71. The van der Waals surface area contributed by atoms with Gasteiger partial charge < -0.3 is 11.1 Å². The van der Waals surface area contributed by atoms with Crippen LogP contribution in [0.5, 0.6) is 0 Å².